The zero-order valence-corrected chi connectivity index (χ0v) is 10.6. The molecule has 0 fully saturated rings. The van der Waals surface area contributed by atoms with Crippen LogP contribution in [0.2, 0.25) is 0 Å². The van der Waals surface area contributed by atoms with E-state index >= 15 is 0 Å². The Balaban J connectivity index is 2.96. The fourth-order valence-electron chi connectivity index (χ4n) is 1.58. The Morgan fingerprint density at radius 3 is 2.89 bits per heavy atom. The average Bonchev–Trinajstić information content (AvgIpc) is 2.39. The minimum absolute atomic E-state index is 0.308. The normalized spacial score (nSPS) is 11.4. The summed E-state index contributed by atoms with van der Waals surface area (Å²) in [5, 5.41) is 11.7. The Bertz CT molecular complexity index is 466. The van der Waals surface area contributed by atoms with Crippen molar-refractivity contribution >= 4 is 11.6 Å². The SMILES string of the molecule is CCCC(N)C(=O)Nc1c(C#N)cccc1OC. The zero-order chi connectivity index (χ0) is 13.5. The fourth-order valence-corrected chi connectivity index (χ4v) is 1.58. The van der Waals surface area contributed by atoms with E-state index in [9.17, 15) is 4.79 Å². The molecule has 0 heterocycles. The second-order valence-corrected chi connectivity index (χ2v) is 3.88. The summed E-state index contributed by atoms with van der Waals surface area (Å²) < 4.78 is 5.12. The molecule has 18 heavy (non-hydrogen) atoms. The van der Waals surface area contributed by atoms with Crippen molar-refractivity contribution in [2.24, 2.45) is 5.73 Å². The summed E-state index contributed by atoms with van der Waals surface area (Å²) in [7, 11) is 1.48. The van der Waals surface area contributed by atoms with Gasteiger partial charge in [0.25, 0.3) is 0 Å². The van der Waals surface area contributed by atoms with Gasteiger partial charge in [0.2, 0.25) is 5.91 Å². The highest BCUT2D eigenvalue weighted by molar-refractivity contribution is 5.97. The molecule has 96 valence electrons. The predicted molar refractivity (Wildman–Crippen MR) is 69.2 cm³/mol. The minimum atomic E-state index is -0.577. The maximum absolute atomic E-state index is 11.8. The molecule has 1 aromatic rings. The summed E-state index contributed by atoms with van der Waals surface area (Å²) in [5.74, 6) is 0.143. The molecule has 1 aromatic carbocycles. The van der Waals surface area contributed by atoms with Crippen LogP contribution in [-0.4, -0.2) is 19.1 Å². The lowest BCUT2D eigenvalue weighted by Crippen LogP contribution is -2.35. The number of rotatable bonds is 5. The van der Waals surface area contributed by atoms with E-state index in [1.165, 1.54) is 7.11 Å². The Morgan fingerprint density at radius 1 is 1.61 bits per heavy atom. The number of nitrogens with two attached hydrogens (primary N) is 1. The largest absolute Gasteiger partial charge is 0.495 e. The van der Waals surface area contributed by atoms with Gasteiger partial charge in [0.1, 0.15) is 17.5 Å². The van der Waals surface area contributed by atoms with E-state index in [0.717, 1.165) is 6.42 Å². The number of methoxy groups -OCH3 is 1. The number of nitrogens with zero attached hydrogens (tertiary/aromatic N) is 1. The van der Waals surface area contributed by atoms with Gasteiger partial charge in [-0.3, -0.25) is 4.79 Å². The molecule has 1 unspecified atom stereocenters. The van der Waals surface area contributed by atoms with Crippen LogP contribution in [0.3, 0.4) is 0 Å². The van der Waals surface area contributed by atoms with Gasteiger partial charge in [-0.15, -0.1) is 0 Å². The molecular formula is C13H17N3O2. The van der Waals surface area contributed by atoms with Gasteiger partial charge in [0.05, 0.1) is 18.7 Å². The van der Waals surface area contributed by atoms with Crippen LogP contribution in [0.4, 0.5) is 5.69 Å². The summed E-state index contributed by atoms with van der Waals surface area (Å²) in [4.78, 5) is 11.8. The quantitative estimate of drug-likeness (QED) is 0.827. The second-order valence-electron chi connectivity index (χ2n) is 3.88. The van der Waals surface area contributed by atoms with Gasteiger partial charge in [-0.2, -0.15) is 5.26 Å². The van der Waals surface area contributed by atoms with Gasteiger partial charge < -0.3 is 15.8 Å². The third-order valence-electron chi connectivity index (χ3n) is 2.55. The van der Waals surface area contributed by atoms with Crippen molar-refractivity contribution in [2.45, 2.75) is 25.8 Å². The molecule has 0 aliphatic carbocycles. The average molecular weight is 247 g/mol. The summed E-state index contributed by atoms with van der Waals surface area (Å²) in [6.45, 7) is 1.96. The molecule has 1 amide bonds. The Labute approximate surface area is 107 Å². The van der Waals surface area contributed by atoms with Crippen molar-refractivity contribution in [1.29, 1.82) is 5.26 Å². The lowest BCUT2D eigenvalue weighted by molar-refractivity contribution is -0.117. The lowest BCUT2D eigenvalue weighted by atomic mass is 10.1. The second kappa shape index (κ2) is 6.62. The number of carbonyl (C=O) groups excluding carboxylic acids is 1. The van der Waals surface area contributed by atoms with E-state index < -0.39 is 6.04 Å². The van der Waals surface area contributed by atoms with Crippen LogP contribution in [0.1, 0.15) is 25.3 Å². The molecule has 0 spiro atoms. The first kappa shape index (κ1) is 14.0. The first-order valence-electron chi connectivity index (χ1n) is 5.77. The van der Waals surface area contributed by atoms with E-state index in [0.29, 0.717) is 23.4 Å². The Kier molecular flexibility index (Phi) is 5.15. The van der Waals surface area contributed by atoms with Gasteiger partial charge >= 0.3 is 0 Å². The summed E-state index contributed by atoms with van der Waals surface area (Å²) in [6.07, 6.45) is 1.43. The molecule has 0 aliphatic heterocycles. The molecule has 5 nitrogen and oxygen atoms in total. The Morgan fingerprint density at radius 2 is 2.33 bits per heavy atom. The highest BCUT2D eigenvalue weighted by atomic mass is 16.5. The molecule has 1 atom stereocenters. The van der Waals surface area contributed by atoms with Gasteiger partial charge in [0.15, 0.2) is 0 Å². The van der Waals surface area contributed by atoms with Crippen molar-refractivity contribution in [2.75, 3.05) is 12.4 Å². The molecule has 3 N–H and O–H groups in total. The van der Waals surface area contributed by atoms with Crippen molar-refractivity contribution in [3.63, 3.8) is 0 Å². The van der Waals surface area contributed by atoms with Crippen LogP contribution in [0, 0.1) is 11.3 Å². The van der Waals surface area contributed by atoms with E-state index in [1.54, 1.807) is 18.2 Å². The maximum Gasteiger partial charge on any atom is 0.241 e. The third-order valence-corrected chi connectivity index (χ3v) is 2.55. The highest BCUT2D eigenvalue weighted by Gasteiger charge is 2.16. The van der Waals surface area contributed by atoms with Crippen LogP contribution >= 0.6 is 0 Å². The highest BCUT2D eigenvalue weighted by Crippen LogP contribution is 2.27. The number of hydrogen-bond acceptors (Lipinski definition) is 4. The number of benzene rings is 1. The van der Waals surface area contributed by atoms with E-state index in [2.05, 4.69) is 5.32 Å². The number of amides is 1. The first-order chi connectivity index (χ1) is 8.63. The van der Waals surface area contributed by atoms with Gasteiger partial charge in [-0.05, 0) is 18.6 Å². The lowest BCUT2D eigenvalue weighted by Gasteiger charge is -2.14. The van der Waals surface area contributed by atoms with E-state index in [1.807, 2.05) is 13.0 Å². The zero-order valence-electron chi connectivity index (χ0n) is 10.6. The molecule has 0 saturated heterocycles. The smallest absolute Gasteiger partial charge is 0.241 e. The number of para-hydroxylation sites is 1. The first-order valence-corrected chi connectivity index (χ1v) is 5.77. The Hall–Kier alpha value is -2.06. The molecular weight excluding hydrogens is 230 g/mol. The predicted octanol–water partition coefficient (Wildman–Crippen LogP) is 1.63. The van der Waals surface area contributed by atoms with Crippen LogP contribution in [0.25, 0.3) is 0 Å². The minimum Gasteiger partial charge on any atom is -0.495 e. The molecule has 0 aliphatic rings. The van der Waals surface area contributed by atoms with Crippen molar-refractivity contribution < 1.29 is 9.53 Å². The molecule has 0 bridgehead atoms. The van der Waals surface area contributed by atoms with Crippen molar-refractivity contribution in [3.05, 3.63) is 23.8 Å². The van der Waals surface area contributed by atoms with Crippen LogP contribution in [0.5, 0.6) is 5.75 Å². The molecule has 0 saturated carbocycles. The summed E-state index contributed by atoms with van der Waals surface area (Å²) in [5.41, 5.74) is 6.45. The number of ether oxygens (including phenoxy) is 1. The topological polar surface area (TPSA) is 88.1 Å². The number of carbonyl (C=O) groups is 1. The standard InChI is InChI=1S/C13H17N3O2/c1-3-5-10(15)13(17)16-12-9(8-14)6-4-7-11(12)18-2/h4,6-7,10H,3,5,15H2,1-2H3,(H,16,17). The van der Waals surface area contributed by atoms with Gasteiger partial charge in [0, 0.05) is 0 Å². The molecule has 0 radical (unpaired) electrons. The van der Waals surface area contributed by atoms with Crippen molar-refractivity contribution in [3.8, 4) is 11.8 Å². The van der Waals surface area contributed by atoms with Crippen LogP contribution in [0.15, 0.2) is 18.2 Å². The van der Waals surface area contributed by atoms with Gasteiger partial charge in [-0.1, -0.05) is 19.4 Å². The number of hydrogen-bond donors (Lipinski definition) is 2. The molecule has 5 heteroatoms. The van der Waals surface area contributed by atoms with Crippen LogP contribution < -0.4 is 15.8 Å². The fraction of sp³-hybridized carbons (Fsp3) is 0.385. The third kappa shape index (κ3) is 3.22. The summed E-state index contributed by atoms with van der Waals surface area (Å²) >= 11 is 0. The summed E-state index contributed by atoms with van der Waals surface area (Å²) in [6, 6.07) is 6.42. The van der Waals surface area contributed by atoms with Gasteiger partial charge in [-0.25, -0.2) is 0 Å². The number of anilines is 1. The molecule has 0 aromatic heterocycles. The number of nitriles is 1. The van der Waals surface area contributed by atoms with Crippen LogP contribution in [-0.2, 0) is 4.79 Å². The van der Waals surface area contributed by atoms with E-state index in [4.69, 9.17) is 15.7 Å². The van der Waals surface area contributed by atoms with E-state index in [-0.39, 0.29) is 5.91 Å². The monoisotopic (exact) mass is 247 g/mol. The molecule has 1 rings (SSSR count). The number of nitrogens with one attached hydrogen (secondary N) is 1. The van der Waals surface area contributed by atoms with Crippen molar-refractivity contribution in [1.82, 2.24) is 0 Å². The maximum atomic E-state index is 11.8.